The van der Waals surface area contributed by atoms with Crippen LogP contribution >= 0.6 is 11.6 Å². The summed E-state index contributed by atoms with van der Waals surface area (Å²) in [7, 11) is 0. The lowest BCUT2D eigenvalue weighted by atomic mass is 10.0. The van der Waals surface area contributed by atoms with E-state index < -0.39 is 5.54 Å². The highest BCUT2D eigenvalue weighted by atomic mass is 35.5. The van der Waals surface area contributed by atoms with Gasteiger partial charge in [-0.2, -0.15) is 0 Å². The van der Waals surface area contributed by atoms with Crippen LogP contribution in [-0.4, -0.2) is 0 Å². The van der Waals surface area contributed by atoms with Gasteiger partial charge in [-0.05, 0) is 49.2 Å². The first-order valence-electron chi connectivity index (χ1n) is 6.44. The second kappa shape index (κ2) is 4.65. The largest absolute Gasteiger partial charge is 0.458 e. The van der Waals surface area contributed by atoms with Crippen LogP contribution in [0.5, 0.6) is 0 Å². The molecule has 0 aliphatic heterocycles. The van der Waals surface area contributed by atoms with E-state index >= 15 is 0 Å². The zero-order valence-corrected chi connectivity index (χ0v) is 12.2. The normalized spacial score (nSPS) is 12.0. The molecule has 0 aliphatic carbocycles. The highest BCUT2D eigenvalue weighted by Crippen LogP contribution is 2.34. The van der Waals surface area contributed by atoms with Crippen LogP contribution in [0, 0.1) is 6.07 Å². The van der Waals surface area contributed by atoms with Crippen LogP contribution in [0.1, 0.15) is 19.6 Å². The van der Waals surface area contributed by atoms with E-state index in [-0.39, 0.29) is 0 Å². The Kier molecular flexibility index (Phi) is 3.08. The van der Waals surface area contributed by atoms with Crippen molar-refractivity contribution in [2.24, 2.45) is 5.73 Å². The molecule has 0 bridgehead atoms. The average molecular weight is 285 g/mol. The molecule has 0 unspecified atom stereocenters. The third-order valence-corrected chi connectivity index (χ3v) is 3.54. The van der Waals surface area contributed by atoms with E-state index in [0.29, 0.717) is 10.6 Å². The minimum atomic E-state index is -0.524. The van der Waals surface area contributed by atoms with Crippen molar-refractivity contribution in [1.29, 1.82) is 0 Å². The van der Waals surface area contributed by atoms with Crippen LogP contribution in [0.15, 0.2) is 46.9 Å². The zero-order valence-electron chi connectivity index (χ0n) is 11.4. The SMILES string of the molecule is CC(C)(N)c1cc2cc(-c3cc[c]cc3)cc(Cl)c2o1. The lowest BCUT2D eigenvalue weighted by Crippen LogP contribution is -2.27. The maximum absolute atomic E-state index is 6.33. The molecular weight excluding hydrogens is 270 g/mol. The molecular formula is C17H15ClNO. The van der Waals surface area contributed by atoms with E-state index in [4.69, 9.17) is 21.8 Å². The number of benzene rings is 2. The monoisotopic (exact) mass is 284 g/mol. The summed E-state index contributed by atoms with van der Waals surface area (Å²) in [6.45, 7) is 3.82. The van der Waals surface area contributed by atoms with Crippen molar-refractivity contribution in [2.45, 2.75) is 19.4 Å². The van der Waals surface area contributed by atoms with Gasteiger partial charge in [0.15, 0.2) is 5.58 Å². The van der Waals surface area contributed by atoms with Crippen molar-refractivity contribution >= 4 is 22.6 Å². The minimum Gasteiger partial charge on any atom is -0.458 e. The van der Waals surface area contributed by atoms with Gasteiger partial charge in [0.2, 0.25) is 0 Å². The van der Waals surface area contributed by atoms with E-state index in [1.54, 1.807) is 0 Å². The summed E-state index contributed by atoms with van der Waals surface area (Å²) in [6.07, 6.45) is 0. The van der Waals surface area contributed by atoms with Crippen molar-refractivity contribution in [3.63, 3.8) is 0 Å². The van der Waals surface area contributed by atoms with Crippen molar-refractivity contribution in [3.05, 3.63) is 59.3 Å². The van der Waals surface area contributed by atoms with E-state index in [0.717, 1.165) is 22.3 Å². The topological polar surface area (TPSA) is 39.2 Å². The zero-order chi connectivity index (χ0) is 14.3. The maximum atomic E-state index is 6.33. The first-order chi connectivity index (χ1) is 9.45. The molecule has 3 rings (SSSR count). The molecule has 0 fully saturated rings. The Bertz CT molecular complexity index is 754. The van der Waals surface area contributed by atoms with E-state index in [2.05, 4.69) is 12.1 Å². The second-order valence-corrected chi connectivity index (χ2v) is 5.90. The van der Waals surface area contributed by atoms with Gasteiger partial charge < -0.3 is 10.2 Å². The quantitative estimate of drug-likeness (QED) is 0.738. The molecule has 1 radical (unpaired) electrons. The molecule has 2 nitrogen and oxygen atoms in total. The number of halogens is 1. The van der Waals surface area contributed by atoms with Crippen molar-refractivity contribution < 1.29 is 4.42 Å². The maximum Gasteiger partial charge on any atom is 0.152 e. The third-order valence-electron chi connectivity index (χ3n) is 3.26. The molecule has 0 saturated carbocycles. The summed E-state index contributed by atoms with van der Waals surface area (Å²) in [4.78, 5) is 0. The smallest absolute Gasteiger partial charge is 0.152 e. The third kappa shape index (κ3) is 2.33. The average Bonchev–Trinajstić information content (AvgIpc) is 2.84. The van der Waals surface area contributed by atoms with Gasteiger partial charge >= 0.3 is 0 Å². The number of fused-ring (bicyclic) bond motifs is 1. The first-order valence-corrected chi connectivity index (χ1v) is 6.82. The van der Waals surface area contributed by atoms with Gasteiger partial charge in [0.05, 0.1) is 10.6 Å². The molecule has 101 valence electrons. The predicted octanol–water partition coefficient (Wildman–Crippen LogP) is 4.75. The summed E-state index contributed by atoms with van der Waals surface area (Å²) >= 11 is 6.33. The van der Waals surface area contributed by atoms with Crippen LogP contribution in [0.3, 0.4) is 0 Å². The summed E-state index contributed by atoms with van der Waals surface area (Å²) in [6, 6.07) is 16.7. The number of nitrogens with two attached hydrogens (primary N) is 1. The summed E-state index contributed by atoms with van der Waals surface area (Å²) in [5.41, 5.74) is 8.40. The Morgan fingerprint density at radius 1 is 1.10 bits per heavy atom. The van der Waals surface area contributed by atoms with Crippen molar-refractivity contribution in [2.75, 3.05) is 0 Å². The Morgan fingerprint density at radius 3 is 2.45 bits per heavy atom. The molecule has 0 aliphatic rings. The molecule has 0 saturated heterocycles. The van der Waals surface area contributed by atoms with Gasteiger partial charge in [-0.1, -0.05) is 35.9 Å². The number of furan rings is 1. The van der Waals surface area contributed by atoms with E-state index in [1.165, 1.54) is 0 Å². The molecule has 2 aromatic carbocycles. The summed E-state index contributed by atoms with van der Waals surface area (Å²) in [5.74, 6) is 0.730. The van der Waals surface area contributed by atoms with Crippen molar-refractivity contribution in [3.8, 4) is 11.1 Å². The molecule has 1 heterocycles. The number of hydrogen-bond donors (Lipinski definition) is 1. The molecule has 0 atom stereocenters. The number of rotatable bonds is 2. The van der Waals surface area contributed by atoms with Gasteiger partial charge in [-0.25, -0.2) is 0 Å². The molecule has 0 amide bonds. The Balaban J connectivity index is 2.19. The molecule has 2 N–H and O–H groups in total. The van der Waals surface area contributed by atoms with Gasteiger partial charge in [-0.3, -0.25) is 0 Å². The fourth-order valence-electron chi connectivity index (χ4n) is 2.17. The molecule has 0 spiro atoms. The van der Waals surface area contributed by atoms with E-state index in [1.807, 2.05) is 50.2 Å². The Hall–Kier alpha value is -1.77. The van der Waals surface area contributed by atoms with Crippen LogP contribution in [-0.2, 0) is 5.54 Å². The summed E-state index contributed by atoms with van der Waals surface area (Å²) in [5, 5.41) is 1.56. The van der Waals surface area contributed by atoms with Crippen LogP contribution in [0.25, 0.3) is 22.1 Å². The lowest BCUT2D eigenvalue weighted by molar-refractivity contribution is 0.413. The second-order valence-electron chi connectivity index (χ2n) is 5.50. The standard InChI is InChI=1S/C17H15ClNO/c1-17(2,19)15-10-13-8-12(9-14(18)16(13)20-15)11-6-4-3-5-7-11/h4-10H,19H2,1-2H3. The van der Waals surface area contributed by atoms with Crippen molar-refractivity contribution in [1.82, 2.24) is 0 Å². The first kappa shape index (κ1) is 13.2. The Labute approximate surface area is 123 Å². The van der Waals surface area contributed by atoms with Crippen LogP contribution in [0.2, 0.25) is 5.02 Å². The lowest BCUT2D eigenvalue weighted by Gasteiger charge is -2.13. The van der Waals surface area contributed by atoms with Gasteiger partial charge in [0.1, 0.15) is 5.76 Å². The number of hydrogen-bond acceptors (Lipinski definition) is 2. The predicted molar refractivity (Wildman–Crippen MR) is 82.7 cm³/mol. The van der Waals surface area contributed by atoms with Gasteiger partial charge in [0.25, 0.3) is 0 Å². The Morgan fingerprint density at radius 2 is 1.80 bits per heavy atom. The fourth-order valence-corrected chi connectivity index (χ4v) is 2.44. The summed E-state index contributed by atoms with van der Waals surface area (Å²) < 4.78 is 5.79. The minimum absolute atomic E-state index is 0.524. The fraction of sp³-hybridized carbons (Fsp3) is 0.176. The van der Waals surface area contributed by atoms with Gasteiger partial charge in [0, 0.05) is 5.39 Å². The van der Waals surface area contributed by atoms with Crippen LogP contribution in [0.4, 0.5) is 0 Å². The van der Waals surface area contributed by atoms with E-state index in [9.17, 15) is 0 Å². The van der Waals surface area contributed by atoms with Crippen LogP contribution < -0.4 is 5.73 Å². The molecule has 3 heteroatoms. The molecule has 1 aromatic heterocycles. The van der Waals surface area contributed by atoms with Gasteiger partial charge in [-0.15, -0.1) is 0 Å². The highest BCUT2D eigenvalue weighted by Gasteiger charge is 2.20. The molecule has 3 aromatic rings. The highest BCUT2D eigenvalue weighted by molar-refractivity contribution is 6.35. The molecule has 20 heavy (non-hydrogen) atoms.